The lowest BCUT2D eigenvalue weighted by Gasteiger charge is -2.23. The largest absolute Gasteiger partial charge is 0.372 e. The molecule has 0 saturated heterocycles. The molecule has 0 radical (unpaired) electrons. The molecule has 0 aliphatic heterocycles. The van der Waals surface area contributed by atoms with Crippen LogP contribution in [0.5, 0.6) is 0 Å². The smallest absolute Gasteiger partial charge is 0.220 e. The summed E-state index contributed by atoms with van der Waals surface area (Å²) in [4.78, 5) is 14.7. The maximum Gasteiger partial charge on any atom is 0.220 e. The number of hydrogen-bond donors (Lipinski definition) is 1. The van der Waals surface area contributed by atoms with Gasteiger partial charge < -0.3 is 10.2 Å². The highest BCUT2D eigenvalue weighted by Crippen LogP contribution is 2.17. The van der Waals surface area contributed by atoms with Crippen molar-refractivity contribution >= 4 is 17.2 Å². The lowest BCUT2D eigenvalue weighted by atomic mass is 10.1. The van der Waals surface area contributed by atoms with E-state index in [-0.39, 0.29) is 5.91 Å². The molecule has 0 atom stereocenters. The molecule has 0 unspecified atom stereocenters. The summed E-state index contributed by atoms with van der Waals surface area (Å²) in [5.41, 5.74) is 3.77. The standard InChI is InChI=1S/C25H28N6O/c1-2-30(21-12-7-4-8-13-21)19-9-18-26-25(32)17-16-24-28-27-23-15-14-22(29-31(23)24)20-10-5-3-6-11-20/h3-8,10-15H,2,9,16-19H2,1H3,(H,26,32). The first-order valence-electron chi connectivity index (χ1n) is 11.1. The van der Waals surface area contributed by atoms with Gasteiger partial charge in [0.2, 0.25) is 5.91 Å². The molecule has 2 heterocycles. The summed E-state index contributed by atoms with van der Waals surface area (Å²) in [6, 6.07) is 24.2. The van der Waals surface area contributed by atoms with E-state index in [0.717, 1.165) is 30.8 Å². The molecule has 0 bridgehead atoms. The van der Waals surface area contributed by atoms with E-state index in [2.05, 4.69) is 44.6 Å². The number of aromatic nitrogens is 4. The Labute approximate surface area is 188 Å². The third-order valence-electron chi connectivity index (χ3n) is 5.40. The van der Waals surface area contributed by atoms with Gasteiger partial charge in [-0.1, -0.05) is 48.5 Å². The summed E-state index contributed by atoms with van der Waals surface area (Å²) in [5.74, 6) is 0.706. The van der Waals surface area contributed by atoms with Crippen LogP contribution in [-0.2, 0) is 11.2 Å². The maximum absolute atomic E-state index is 12.3. The monoisotopic (exact) mass is 428 g/mol. The Morgan fingerprint density at radius 1 is 0.969 bits per heavy atom. The van der Waals surface area contributed by atoms with Crippen LogP contribution in [-0.4, -0.2) is 45.4 Å². The van der Waals surface area contributed by atoms with Crippen molar-refractivity contribution in [3.63, 3.8) is 0 Å². The van der Waals surface area contributed by atoms with Crippen molar-refractivity contribution in [3.8, 4) is 11.3 Å². The van der Waals surface area contributed by atoms with Crippen molar-refractivity contribution in [1.82, 2.24) is 25.1 Å². The fourth-order valence-electron chi connectivity index (χ4n) is 3.67. The molecule has 1 N–H and O–H groups in total. The van der Waals surface area contributed by atoms with Crippen molar-refractivity contribution in [2.24, 2.45) is 0 Å². The number of nitrogens with one attached hydrogen (secondary N) is 1. The van der Waals surface area contributed by atoms with Gasteiger partial charge in [-0.25, -0.2) is 0 Å². The average molecular weight is 429 g/mol. The number of hydrogen-bond acceptors (Lipinski definition) is 5. The molecule has 32 heavy (non-hydrogen) atoms. The van der Waals surface area contributed by atoms with Gasteiger partial charge in [0.1, 0.15) is 0 Å². The second-order valence-corrected chi connectivity index (χ2v) is 7.59. The molecule has 164 valence electrons. The van der Waals surface area contributed by atoms with E-state index < -0.39 is 0 Å². The van der Waals surface area contributed by atoms with Crippen molar-refractivity contribution < 1.29 is 4.79 Å². The summed E-state index contributed by atoms with van der Waals surface area (Å²) in [7, 11) is 0. The van der Waals surface area contributed by atoms with Crippen LogP contribution in [0.15, 0.2) is 72.8 Å². The number of benzene rings is 2. The highest BCUT2D eigenvalue weighted by Gasteiger charge is 2.11. The number of para-hydroxylation sites is 1. The van der Waals surface area contributed by atoms with Gasteiger partial charge >= 0.3 is 0 Å². The first kappa shape index (κ1) is 21.5. The molecule has 1 amide bonds. The molecule has 2 aromatic carbocycles. The van der Waals surface area contributed by atoms with E-state index in [9.17, 15) is 4.79 Å². The fraction of sp³-hybridized carbons (Fsp3) is 0.280. The van der Waals surface area contributed by atoms with Crippen LogP contribution in [0.4, 0.5) is 5.69 Å². The minimum atomic E-state index is 0.0173. The molecule has 0 saturated carbocycles. The maximum atomic E-state index is 12.3. The Bertz CT molecular complexity index is 1140. The molecule has 4 aromatic rings. The molecule has 7 nitrogen and oxygen atoms in total. The number of carbonyl (C=O) groups is 1. The molecule has 0 aliphatic carbocycles. The van der Waals surface area contributed by atoms with Gasteiger partial charge in [0.05, 0.1) is 5.69 Å². The van der Waals surface area contributed by atoms with E-state index in [1.807, 2.05) is 60.7 Å². The lowest BCUT2D eigenvalue weighted by molar-refractivity contribution is -0.121. The van der Waals surface area contributed by atoms with Crippen molar-refractivity contribution in [2.45, 2.75) is 26.2 Å². The zero-order valence-electron chi connectivity index (χ0n) is 18.3. The summed E-state index contributed by atoms with van der Waals surface area (Å²) in [5, 5.41) is 16.1. The number of amides is 1. The number of carbonyl (C=O) groups excluding carboxylic acids is 1. The lowest BCUT2D eigenvalue weighted by Crippen LogP contribution is -2.30. The van der Waals surface area contributed by atoms with E-state index in [4.69, 9.17) is 0 Å². The topological polar surface area (TPSA) is 75.4 Å². The fourth-order valence-corrected chi connectivity index (χ4v) is 3.67. The minimum absolute atomic E-state index is 0.0173. The van der Waals surface area contributed by atoms with Crippen molar-refractivity contribution in [3.05, 3.63) is 78.6 Å². The number of nitrogens with zero attached hydrogens (tertiary/aromatic N) is 5. The van der Waals surface area contributed by atoms with Crippen LogP contribution in [0.1, 0.15) is 25.6 Å². The Morgan fingerprint density at radius 2 is 1.72 bits per heavy atom. The Kier molecular flexibility index (Phi) is 7.07. The average Bonchev–Trinajstić information content (AvgIpc) is 3.26. The number of anilines is 1. The molecular weight excluding hydrogens is 400 g/mol. The second-order valence-electron chi connectivity index (χ2n) is 7.59. The van der Waals surface area contributed by atoms with E-state index in [1.165, 1.54) is 5.69 Å². The van der Waals surface area contributed by atoms with Crippen LogP contribution in [0, 0.1) is 0 Å². The predicted octanol–water partition coefficient (Wildman–Crippen LogP) is 3.76. The summed E-state index contributed by atoms with van der Waals surface area (Å²) >= 11 is 0. The van der Waals surface area contributed by atoms with Gasteiger partial charge in [-0.05, 0) is 37.6 Å². The summed E-state index contributed by atoms with van der Waals surface area (Å²) < 4.78 is 1.73. The van der Waals surface area contributed by atoms with Gasteiger partial charge in [0, 0.05) is 43.7 Å². The predicted molar refractivity (Wildman–Crippen MR) is 126 cm³/mol. The second kappa shape index (κ2) is 10.5. The van der Waals surface area contributed by atoms with E-state index >= 15 is 0 Å². The van der Waals surface area contributed by atoms with Crippen molar-refractivity contribution in [2.75, 3.05) is 24.5 Å². The third-order valence-corrected chi connectivity index (χ3v) is 5.40. The van der Waals surface area contributed by atoms with Crippen LogP contribution in [0.2, 0.25) is 0 Å². The third kappa shape index (κ3) is 5.29. The molecule has 0 fully saturated rings. The minimum Gasteiger partial charge on any atom is -0.372 e. The zero-order chi connectivity index (χ0) is 22.2. The Balaban J connectivity index is 1.27. The highest BCUT2D eigenvalue weighted by atomic mass is 16.1. The van der Waals surface area contributed by atoms with Crippen LogP contribution >= 0.6 is 0 Å². The molecule has 2 aromatic heterocycles. The van der Waals surface area contributed by atoms with Crippen LogP contribution in [0.25, 0.3) is 16.9 Å². The summed E-state index contributed by atoms with van der Waals surface area (Å²) in [6.45, 7) is 4.64. The van der Waals surface area contributed by atoms with Gasteiger partial charge in [0.15, 0.2) is 11.5 Å². The number of rotatable bonds is 10. The molecule has 7 heteroatoms. The first-order valence-corrected chi connectivity index (χ1v) is 11.1. The van der Waals surface area contributed by atoms with E-state index in [0.29, 0.717) is 30.9 Å². The van der Waals surface area contributed by atoms with E-state index in [1.54, 1.807) is 4.52 Å². The SMILES string of the molecule is CCN(CCCNC(=O)CCc1nnc2ccc(-c3ccccc3)nn12)c1ccccc1. The first-order chi connectivity index (χ1) is 15.7. The summed E-state index contributed by atoms with van der Waals surface area (Å²) in [6.07, 6.45) is 1.74. The molecule has 4 rings (SSSR count). The van der Waals surface area contributed by atoms with Gasteiger partial charge in [-0.2, -0.15) is 9.61 Å². The Morgan fingerprint density at radius 3 is 2.47 bits per heavy atom. The quantitative estimate of drug-likeness (QED) is 0.389. The van der Waals surface area contributed by atoms with Gasteiger partial charge in [0.25, 0.3) is 0 Å². The highest BCUT2D eigenvalue weighted by molar-refractivity contribution is 5.76. The Hall–Kier alpha value is -3.74. The number of aryl methyl sites for hydroxylation is 1. The van der Waals surface area contributed by atoms with Gasteiger partial charge in [-0.15, -0.1) is 10.2 Å². The van der Waals surface area contributed by atoms with Crippen LogP contribution in [0.3, 0.4) is 0 Å². The van der Waals surface area contributed by atoms with Gasteiger partial charge in [-0.3, -0.25) is 4.79 Å². The molecular formula is C25H28N6O. The van der Waals surface area contributed by atoms with Crippen molar-refractivity contribution in [1.29, 1.82) is 0 Å². The molecule has 0 spiro atoms. The zero-order valence-corrected chi connectivity index (χ0v) is 18.3. The molecule has 0 aliphatic rings. The normalized spacial score (nSPS) is 10.9. The number of fused-ring (bicyclic) bond motifs is 1. The van der Waals surface area contributed by atoms with Crippen LogP contribution < -0.4 is 10.2 Å².